The van der Waals surface area contributed by atoms with Gasteiger partial charge in [0, 0.05) is 52.1 Å². The van der Waals surface area contributed by atoms with E-state index in [0.717, 1.165) is 4.60 Å². The molecule has 0 spiro atoms. The van der Waals surface area contributed by atoms with Crippen LogP contribution in [-0.2, 0) is 12.8 Å². The van der Waals surface area contributed by atoms with Crippen molar-refractivity contribution in [2.24, 2.45) is 5.73 Å². The summed E-state index contributed by atoms with van der Waals surface area (Å²) in [5, 5.41) is 8.40. The van der Waals surface area contributed by atoms with E-state index in [1.165, 1.54) is 60.7 Å². The molecule has 2 aliphatic rings. The second-order valence-corrected chi connectivity index (χ2v) is 14.5. The Morgan fingerprint density at radius 3 is 1.63 bits per heavy atom. The molecule has 0 saturated carbocycles. The fraction of sp³-hybridized carbons (Fsp3) is 0.163. The molecule has 6 aromatic rings. The predicted octanol–water partition coefficient (Wildman–Crippen LogP) is 12.1. The number of anilines is 3. The lowest BCUT2D eigenvalue weighted by atomic mass is 10.0. The van der Waals surface area contributed by atoms with Crippen molar-refractivity contribution in [3.05, 3.63) is 181 Å². The van der Waals surface area contributed by atoms with E-state index >= 15 is 0 Å². The molecule has 308 valence electrons. The van der Waals surface area contributed by atoms with Crippen LogP contribution in [0.2, 0.25) is 10.0 Å². The molecule has 2 amide bonds. The van der Waals surface area contributed by atoms with Gasteiger partial charge in [0.05, 0.1) is 16.1 Å². The standard InChI is InChI=1S/C21H16ClF2N3O.C16H13ClF2N2O.C5H4BrN.CH4.ClH/c22-15-11-12(4-7-16(15)23)26-21(28)14-5-8-17(24)20-13(14)6-9-18(20)27-19-3-1-2-10-25-19;17-11-7-8(1-4-12(11)18)21-16(22)10-2-5-13(19)15-9(10)3-6-14(15)20;6-5-3-1-2-4-7-5;;/h1-5,7-8,10-11,18H,6,9H2,(H,25,27)(H,26,28);1-2,4-5,7,14H,3,6,20H2,(H,21,22);1-4H;1H4;1H/t18-;14-;;;/m00.../s1. The molecule has 0 aliphatic heterocycles. The van der Waals surface area contributed by atoms with E-state index in [0.29, 0.717) is 76.3 Å². The van der Waals surface area contributed by atoms with Crippen LogP contribution in [0.3, 0.4) is 0 Å². The summed E-state index contributed by atoms with van der Waals surface area (Å²) < 4.78 is 55.7. The quantitative estimate of drug-likeness (QED) is 0.0975. The smallest absolute Gasteiger partial charge is 0.255 e. The van der Waals surface area contributed by atoms with Crippen LogP contribution in [0.15, 0.2) is 114 Å². The number of nitrogens with zero attached hydrogens (tertiary/aromatic N) is 2. The Morgan fingerprint density at radius 1 is 0.661 bits per heavy atom. The van der Waals surface area contributed by atoms with Crippen LogP contribution in [-0.4, -0.2) is 21.8 Å². The number of pyridine rings is 2. The van der Waals surface area contributed by atoms with Crippen LogP contribution in [0.25, 0.3) is 0 Å². The van der Waals surface area contributed by atoms with Crippen LogP contribution < -0.4 is 21.7 Å². The highest BCUT2D eigenvalue weighted by atomic mass is 79.9. The molecule has 16 heteroatoms. The second-order valence-electron chi connectivity index (χ2n) is 12.9. The molecule has 2 aromatic heterocycles. The van der Waals surface area contributed by atoms with Crippen LogP contribution in [0.5, 0.6) is 0 Å². The zero-order valence-electron chi connectivity index (χ0n) is 30.2. The number of rotatable bonds is 6. The number of carbonyl (C=O) groups excluding carboxylic acids is 2. The van der Waals surface area contributed by atoms with Crippen molar-refractivity contribution >= 4 is 80.5 Å². The Balaban J connectivity index is 0.000000221. The van der Waals surface area contributed by atoms with Gasteiger partial charge in [-0.15, -0.1) is 12.4 Å². The molecule has 0 saturated heterocycles. The van der Waals surface area contributed by atoms with Crippen LogP contribution in [0.1, 0.15) is 75.3 Å². The first kappa shape index (κ1) is 46.6. The monoisotopic (exact) mass is 930 g/mol. The normalized spacial score (nSPS) is 14.4. The highest BCUT2D eigenvalue weighted by molar-refractivity contribution is 9.10. The Kier molecular flexibility index (Phi) is 16.8. The van der Waals surface area contributed by atoms with Crippen molar-refractivity contribution < 1.29 is 27.2 Å². The van der Waals surface area contributed by atoms with Gasteiger partial charge in [0.15, 0.2) is 0 Å². The van der Waals surface area contributed by atoms with Gasteiger partial charge in [-0.3, -0.25) is 9.59 Å². The van der Waals surface area contributed by atoms with Crippen LogP contribution in [0.4, 0.5) is 34.8 Å². The van der Waals surface area contributed by atoms with E-state index in [9.17, 15) is 27.2 Å². The number of nitrogens with one attached hydrogen (secondary N) is 3. The van der Waals surface area contributed by atoms with Crippen molar-refractivity contribution in [2.75, 3.05) is 16.0 Å². The maximum Gasteiger partial charge on any atom is 0.255 e. The van der Waals surface area contributed by atoms with E-state index in [-0.39, 0.29) is 53.6 Å². The van der Waals surface area contributed by atoms with E-state index < -0.39 is 23.4 Å². The number of hydrogen-bond donors (Lipinski definition) is 4. The predicted molar refractivity (Wildman–Crippen MR) is 232 cm³/mol. The van der Waals surface area contributed by atoms with Crippen LogP contribution in [0, 0.1) is 23.3 Å². The summed E-state index contributed by atoms with van der Waals surface area (Å²) in [5.74, 6) is -2.01. The highest BCUT2D eigenvalue weighted by Crippen LogP contribution is 2.38. The third kappa shape index (κ3) is 11.6. The largest absolute Gasteiger partial charge is 0.363 e. The van der Waals surface area contributed by atoms with Gasteiger partial charge in [0.25, 0.3) is 11.8 Å². The van der Waals surface area contributed by atoms with E-state index in [1.807, 2.05) is 30.3 Å². The molecule has 0 unspecified atom stereocenters. The van der Waals surface area contributed by atoms with Gasteiger partial charge in [0.2, 0.25) is 0 Å². The number of fused-ring (bicyclic) bond motifs is 2. The van der Waals surface area contributed by atoms with Crippen molar-refractivity contribution in [1.29, 1.82) is 0 Å². The van der Waals surface area contributed by atoms with Crippen molar-refractivity contribution in [2.45, 2.75) is 45.2 Å². The molecule has 2 atom stereocenters. The zero-order chi connectivity index (χ0) is 40.6. The molecule has 8 rings (SSSR count). The van der Waals surface area contributed by atoms with E-state index in [1.54, 1.807) is 18.5 Å². The number of amides is 2. The minimum Gasteiger partial charge on any atom is -0.363 e. The Hall–Kier alpha value is -5.05. The fourth-order valence-electron chi connectivity index (χ4n) is 6.55. The Morgan fingerprint density at radius 2 is 1.15 bits per heavy atom. The summed E-state index contributed by atoms with van der Waals surface area (Å²) in [4.78, 5) is 33.2. The lowest BCUT2D eigenvalue weighted by Gasteiger charge is -2.16. The third-order valence-electron chi connectivity index (χ3n) is 9.18. The molecule has 4 aromatic carbocycles. The minimum atomic E-state index is -0.564. The van der Waals surface area contributed by atoms with Gasteiger partial charge in [-0.05, 0) is 138 Å². The van der Waals surface area contributed by atoms with Crippen molar-refractivity contribution in [3.63, 3.8) is 0 Å². The summed E-state index contributed by atoms with van der Waals surface area (Å²) >= 11 is 14.6. The SMILES string of the molecule is Brc1ccccn1.C.Cl.N[C@H]1CCc2c(C(=O)Nc3ccc(F)c(Cl)c3)ccc(F)c21.O=C(Nc1ccc(F)c(Cl)c1)c1ccc(F)c2c1CC[C@@H]2Nc1ccccn1. The van der Waals surface area contributed by atoms with Gasteiger partial charge in [-0.1, -0.05) is 42.8 Å². The number of nitrogens with two attached hydrogens (primary N) is 1. The summed E-state index contributed by atoms with van der Waals surface area (Å²) in [5.41, 5.74) is 9.58. The van der Waals surface area contributed by atoms with Gasteiger partial charge < -0.3 is 21.7 Å². The minimum absolute atomic E-state index is 0. The summed E-state index contributed by atoms with van der Waals surface area (Å²) in [6, 6.07) is 23.8. The summed E-state index contributed by atoms with van der Waals surface area (Å²) in [6.07, 6.45) is 5.77. The zero-order valence-corrected chi connectivity index (χ0v) is 34.1. The van der Waals surface area contributed by atoms with Gasteiger partial charge in [0.1, 0.15) is 33.7 Å². The molecule has 0 radical (unpaired) electrons. The molecule has 8 nitrogen and oxygen atoms in total. The maximum absolute atomic E-state index is 14.6. The lowest BCUT2D eigenvalue weighted by molar-refractivity contribution is 0.101. The first-order valence-corrected chi connectivity index (χ1v) is 19.1. The molecule has 0 fully saturated rings. The molecular formula is C43H38BrCl3F4N6O2. The molecule has 5 N–H and O–H groups in total. The number of aromatic nitrogens is 2. The number of benzene rings is 4. The Labute approximate surface area is 363 Å². The third-order valence-corrected chi connectivity index (χ3v) is 10.2. The first-order chi connectivity index (χ1) is 27.4. The summed E-state index contributed by atoms with van der Waals surface area (Å²) in [7, 11) is 0. The van der Waals surface area contributed by atoms with Crippen molar-refractivity contribution in [3.8, 4) is 0 Å². The van der Waals surface area contributed by atoms with E-state index in [2.05, 4.69) is 41.8 Å². The fourth-order valence-corrected chi connectivity index (χ4v) is 7.18. The second kappa shape index (κ2) is 21.3. The average molecular weight is 933 g/mol. The topological polar surface area (TPSA) is 122 Å². The number of carbonyl (C=O) groups is 2. The average Bonchev–Trinajstić information content (AvgIpc) is 3.80. The van der Waals surface area contributed by atoms with Gasteiger partial charge in [-0.25, -0.2) is 27.5 Å². The van der Waals surface area contributed by atoms with E-state index in [4.69, 9.17) is 28.9 Å². The van der Waals surface area contributed by atoms with Crippen molar-refractivity contribution in [1.82, 2.24) is 9.97 Å². The molecule has 2 heterocycles. The highest BCUT2D eigenvalue weighted by Gasteiger charge is 2.31. The van der Waals surface area contributed by atoms with Crippen LogP contribution >= 0.6 is 51.5 Å². The number of hydrogen-bond acceptors (Lipinski definition) is 6. The lowest BCUT2D eigenvalue weighted by Crippen LogP contribution is -2.16. The van der Waals surface area contributed by atoms with Gasteiger partial charge in [-0.2, -0.15) is 0 Å². The molecule has 59 heavy (non-hydrogen) atoms. The molecular weight excluding hydrogens is 895 g/mol. The Bertz CT molecular complexity index is 2420. The number of halogens is 8. The molecule has 0 bridgehead atoms. The van der Waals surface area contributed by atoms with Gasteiger partial charge >= 0.3 is 0 Å². The first-order valence-electron chi connectivity index (χ1n) is 17.5. The maximum atomic E-state index is 14.6. The summed E-state index contributed by atoms with van der Waals surface area (Å²) in [6.45, 7) is 0. The molecule has 2 aliphatic carbocycles.